The van der Waals surface area contributed by atoms with E-state index >= 15 is 0 Å². The molecular weight excluding hydrogens is 156 g/mol. The van der Waals surface area contributed by atoms with Crippen LogP contribution in [0.15, 0.2) is 0 Å². The van der Waals surface area contributed by atoms with Gasteiger partial charge in [0.15, 0.2) is 0 Å². The minimum Gasteiger partial charge on any atom is -0.0654 e. The lowest BCUT2D eigenvalue weighted by atomic mass is 9.59. The van der Waals surface area contributed by atoms with Gasteiger partial charge in [-0.3, -0.25) is 0 Å². The molecule has 0 atom stereocenters. The van der Waals surface area contributed by atoms with E-state index < -0.39 is 0 Å². The lowest BCUT2D eigenvalue weighted by Crippen LogP contribution is -2.36. The number of hydrogen-bond acceptors (Lipinski definition) is 0. The topological polar surface area (TPSA) is 0 Å². The quantitative estimate of drug-likeness (QED) is 0.543. The molecular formula is C13H28. The average molecular weight is 184 g/mol. The maximum absolute atomic E-state index is 2.44. The molecule has 0 nitrogen and oxygen atoms in total. The maximum atomic E-state index is 2.44. The summed E-state index contributed by atoms with van der Waals surface area (Å²) in [6, 6.07) is 0. The zero-order chi connectivity index (χ0) is 10.5. The third-order valence-corrected chi connectivity index (χ3v) is 4.40. The summed E-state index contributed by atoms with van der Waals surface area (Å²) in [6.45, 7) is 14.2. The van der Waals surface area contributed by atoms with Crippen LogP contribution < -0.4 is 0 Å². The first-order valence-electron chi connectivity index (χ1n) is 5.99. The second-order valence-corrected chi connectivity index (χ2v) is 4.97. The first-order chi connectivity index (χ1) is 5.99. The van der Waals surface area contributed by atoms with Gasteiger partial charge in [-0.05, 0) is 30.1 Å². The van der Waals surface area contributed by atoms with Crippen molar-refractivity contribution in [3.05, 3.63) is 0 Å². The van der Waals surface area contributed by atoms with Gasteiger partial charge in [0.1, 0.15) is 0 Å². The molecule has 0 unspecified atom stereocenters. The molecule has 0 spiro atoms. The molecule has 0 radical (unpaired) electrons. The Morgan fingerprint density at radius 3 is 1.46 bits per heavy atom. The largest absolute Gasteiger partial charge is 0.0654 e. The molecule has 0 fully saturated rings. The van der Waals surface area contributed by atoms with Crippen LogP contribution in [0.25, 0.3) is 0 Å². The highest BCUT2D eigenvalue weighted by Gasteiger charge is 2.39. The Hall–Kier alpha value is 0. The van der Waals surface area contributed by atoms with Crippen LogP contribution in [0.4, 0.5) is 0 Å². The molecule has 0 amide bonds. The van der Waals surface area contributed by atoms with Gasteiger partial charge in [0.05, 0.1) is 0 Å². The van der Waals surface area contributed by atoms with Gasteiger partial charge < -0.3 is 0 Å². The summed E-state index contributed by atoms with van der Waals surface area (Å²) in [7, 11) is 0. The second kappa shape index (κ2) is 5.02. The molecule has 0 aromatic carbocycles. The van der Waals surface area contributed by atoms with Gasteiger partial charge in [0.25, 0.3) is 0 Å². The Kier molecular flexibility index (Phi) is 5.02. The molecule has 0 N–H and O–H groups in total. The highest BCUT2D eigenvalue weighted by molar-refractivity contribution is 4.89. The van der Waals surface area contributed by atoms with Gasteiger partial charge in [0, 0.05) is 0 Å². The summed E-state index contributed by atoms with van der Waals surface area (Å²) in [5, 5.41) is 0. The summed E-state index contributed by atoms with van der Waals surface area (Å²) >= 11 is 0. The summed E-state index contributed by atoms with van der Waals surface area (Å²) in [6.07, 6.45) is 6.68. The molecule has 0 aliphatic rings. The van der Waals surface area contributed by atoms with Crippen molar-refractivity contribution in [2.75, 3.05) is 0 Å². The molecule has 0 bridgehead atoms. The van der Waals surface area contributed by atoms with Crippen molar-refractivity contribution in [3.8, 4) is 0 Å². The Morgan fingerprint density at radius 1 is 0.769 bits per heavy atom. The summed E-state index contributed by atoms with van der Waals surface area (Å²) in [5.74, 6) is 0. The third-order valence-electron chi connectivity index (χ3n) is 4.40. The third kappa shape index (κ3) is 2.48. The Bertz CT molecular complexity index is 129. The van der Waals surface area contributed by atoms with Gasteiger partial charge >= 0.3 is 0 Å². The van der Waals surface area contributed by atoms with Crippen LogP contribution in [-0.4, -0.2) is 0 Å². The van der Waals surface area contributed by atoms with E-state index in [1.54, 1.807) is 0 Å². The number of hydrogen-bond donors (Lipinski definition) is 0. The van der Waals surface area contributed by atoms with Crippen LogP contribution in [0.5, 0.6) is 0 Å². The highest BCUT2D eigenvalue weighted by Crippen LogP contribution is 2.50. The molecule has 0 aromatic heterocycles. The van der Waals surface area contributed by atoms with Crippen LogP contribution in [0.3, 0.4) is 0 Å². The SMILES string of the molecule is CCCC(CC)(CC)C(C)(C)CC. The summed E-state index contributed by atoms with van der Waals surface area (Å²) in [5.41, 5.74) is 1.09. The first kappa shape index (κ1) is 13.0. The van der Waals surface area contributed by atoms with Crippen molar-refractivity contribution in [1.29, 1.82) is 0 Å². The highest BCUT2D eigenvalue weighted by atomic mass is 14.4. The van der Waals surface area contributed by atoms with E-state index in [0.717, 1.165) is 0 Å². The Balaban J connectivity index is 4.73. The zero-order valence-corrected chi connectivity index (χ0v) is 10.5. The van der Waals surface area contributed by atoms with Gasteiger partial charge in [0.2, 0.25) is 0 Å². The molecule has 0 aliphatic carbocycles. The van der Waals surface area contributed by atoms with E-state index in [4.69, 9.17) is 0 Å². The second-order valence-electron chi connectivity index (χ2n) is 4.97. The molecule has 0 heteroatoms. The smallest absolute Gasteiger partial charge is 0.0252 e. The Labute approximate surface area is 85.1 Å². The average Bonchev–Trinajstić information content (AvgIpc) is 2.14. The van der Waals surface area contributed by atoms with E-state index in [9.17, 15) is 0 Å². The van der Waals surface area contributed by atoms with Crippen molar-refractivity contribution in [3.63, 3.8) is 0 Å². The lowest BCUT2D eigenvalue weighted by Gasteiger charge is -2.46. The predicted octanol–water partition coefficient (Wildman–Crippen LogP) is 5.03. The van der Waals surface area contributed by atoms with Gasteiger partial charge in [-0.1, -0.05) is 54.4 Å². The minimum atomic E-state index is 0.506. The van der Waals surface area contributed by atoms with E-state index in [1.165, 1.54) is 32.1 Å². The van der Waals surface area contributed by atoms with E-state index in [2.05, 4.69) is 41.5 Å². The van der Waals surface area contributed by atoms with Crippen molar-refractivity contribution in [2.24, 2.45) is 10.8 Å². The fourth-order valence-electron chi connectivity index (χ4n) is 2.75. The molecule has 0 aliphatic heterocycles. The fourth-order valence-corrected chi connectivity index (χ4v) is 2.75. The van der Waals surface area contributed by atoms with Crippen LogP contribution >= 0.6 is 0 Å². The molecule has 0 saturated heterocycles. The van der Waals surface area contributed by atoms with Crippen LogP contribution in [0.1, 0.15) is 73.6 Å². The van der Waals surface area contributed by atoms with Crippen molar-refractivity contribution < 1.29 is 0 Å². The summed E-state index contributed by atoms with van der Waals surface area (Å²) < 4.78 is 0. The zero-order valence-electron chi connectivity index (χ0n) is 10.5. The van der Waals surface area contributed by atoms with Crippen molar-refractivity contribution in [1.82, 2.24) is 0 Å². The minimum absolute atomic E-state index is 0.506. The normalized spacial score (nSPS) is 13.4. The first-order valence-corrected chi connectivity index (χ1v) is 5.99. The van der Waals surface area contributed by atoms with Gasteiger partial charge in [-0.15, -0.1) is 0 Å². The van der Waals surface area contributed by atoms with Gasteiger partial charge in [-0.25, -0.2) is 0 Å². The van der Waals surface area contributed by atoms with Crippen LogP contribution in [0, 0.1) is 10.8 Å². The molecule has 0 rings (SSSR count). The van der Waals surface area contributed by atoms with Gasteiger partial charge in [-0.2, -0.15) is 0 Å². The van der Waals surface area contributed by atoms with E-state index in [0.29, 0.717) is 10.8 Å². The molecule has 13 heavy (non-hydrogen) atoms. The van der Waals surface area contributed by atoms with Crippen molar-refractivity contribution in [2.45, 2.75) is 73.6 Å². The monoisotopic (exact) mass is 184 g/mol. The van der Waals surface area contributed by atoms with Crippen molar-refractivity contribution >= 4 is 0 Å². The van der Waals surface area contributed by atoms with Crippen LogP contribution in [-0.2, 0) is 0 Å². The lowest BCUT2D eigenvalue weighted by molar-refractivity contribution is 0.0419. The molecule has 0 saturated carbocycles. The number of rotatable bonds is 6. The standard InChI is InChI=1S/C13H28/c1-7-11-13(9-3,10-4)12(5,6)8-2/h7-11H2,1-6H3. The van der Waals surface area contributed by atoms with Crippen LogP contribution in [0.2, 0.25) is 0 Å². The molecule has 0 heterocycles. The fraction of sp³-hybridized carbons (Fsp3) is 1.00. The molecule has 80 valence electrons. The van der Waals surface area contributed by atoms with E-state index in [-0.39, 0.29) is 0 Å². The maximum Gasteiger partial charge on any atom is -0.0252 e. The molecule has 0 aromatic rings. The van der Waals surface area contributed by atoms with E-state index in [1.807, 2.05) is 0 Å². The predicted molar refractivity (Wildman–Crippen MR) is 62.0 cm³/mol. The summed E-state index contributed by atoms with van der Waals surface area (Å²) in [4.78, 5) is 0. The Morgan fingerprint density at radius 2 is 1.23 bits per heavy atom.